The predicted octanol–water partition coefficient (Wildman–Crippen LogP) is 2.22. The van der Waals surface area contributed by atoms with Gasteiger partial charge in [-0.1, -0.05) is 0 Å². The summed E-state index contributed by atoms with van der Waals surface area (Å²) in [6.07, 6.45) is -1.97. The van der Waals surface area contributed by atoms with E-state index in [2.05, 4.69) is 4.98 Å². The fourth-order valence-electron chi connectivity index (χ4n) is 1.24. The maximum Gasteiger partial charge on any atom is 0.416 e. The lowest BCUT2D eigenvalue weighted by molar-refractivity contribution is -0.137. The summed E-state index contributed by atoms with van der Waals surface area (Å²) in [6, 6.07) is 3.64. The van der Waals surface area contributed by atoms with Crippen molar-refractivity contribution in [1.29, 1.82) is 5.26 Å². The normalized spacial score (nSPS) is 11.6. The highest BCUT2D eigenvalue weighted by Crippen LogP contribution is 2.29. The molecule has 3 nitrogen and oxygen atoms in total. The molecule has 0 aromatic carbocycles. The lowest BCUT2D eigenvalue weighted by atomic mass is 10.2. The van der Waals surface area contributed by atoms with Gasteiger partial charge in [0.05, 0.1) is 11.8 Å². The van der Waals surface area contributed by atoms with Gasteiger partial charge in [0.1, 0.15) is 17.4 Å². The fourth-order valence-corrected chi connectivity index (χ4v) is 1.24. The number of imidazole rings is 1. The number of fused-ring (bicyclic) bond motifs is 1. The maximum atomic E-state index is 12.3. The van der Waals surface area contributed by atoms with Crippen LogP contribution in [0.2, 0.25) is 0 Å². The minimum absolute atomic E-state index is 0.112. The van der Waals surface area contributed by atoms with E-state index < -0.39 is 11.7 Å². The van der Waals surface area contributed by atoms with Gasteiger partial charge in [-0.05, 0) is 12.1 Å². The van der Waals surface area contributed by atoms with Gasteiger partial charge in [-0.25, -0.2) is 4.98 Å². The first-order valence-electron chi connectivity index (χ1n) is 3.97. The number of halogens is 3. The van der Waals surface area contributed by atoms with Gasteiger partial charge in [-0.15, -0.1) is 0 Å². The van der Waals surface area contributed by atoms with Gasteiger partial charge in [0.25, 0.3) is 0 Å². The van der Waals surface area contributed by atoms with Crippen LogP contribution in [0.1, 0.15) is 11.3 Å². The van der Waals surface area contributed by atoms with Gasteiger partial charge in [0.2, 0.25) is 0 Å². The summed E-state index contributed by atoms with van der Waals surface area (Å²) in [5, 5.41) is 8.62. The van der Waals surface area contributed by atoms with Gasteiger partial charge in [-0.2, -0.15) is 18.4 Å². The van der Waals surface area contributed by atoms with Crippen molar-refractivity contribution in [2.45, 2.75) is 6.18 Å². The topological polar surface area (TPSA) is 41.1 Å². The fraction of sp³-hybridized carbons (Fsp3) is 0.111. The average Bonchev–Trinajstić information content (AvgIpc) is 2.58. The molecule has 15 heavy (non-hydrogen) atoms. The van der Waals surface area contributed by atoms with Crippen molar-refractivity contribution in [3.63, 3.8) is 0 Å². The largest absolute Gasteiger partial charge is 0.416 e. The molecule has 0 unspecified atom stereocenters. The number of hydrogen-bond donors (Lipinski definition) is 0. The molecule has 0 atom stereocenters. The van der Waals surface area contributed by atoms with Gasteiger partial charge in [0, 0.05) is 6.20 Å². The van der Waals surface area contributed by atoms with Crippen LogP contribution in [0.3, 0.4) is 0 Å². The molecule has 0 aliphatic heterocycles. The van der Waals surface area contributed by atoms with Gasteiger partial charge >= 0.3 is 6.18 Å². The van der Waals surface area contributed by atoms with Crippen molar-refractivity contribution in [2.24, 2.45) is 0 Å². The first-order valence-corrected chi connectivity index (χ1v) is 3.97. The highest BCUT2D eigenvalue weighted by Gasteiger charge is 2.30. The first-order chi connectivity index (χ1) is 7.02. The van der Waals surface area contributed by atoms with E-state index in [0.29, 0.717) is 0 Å². The number of pyridine rings is 1. The van der Waals surface area contributed by atoms with Crippen LogP contribution in [0.4, 0.5) is 13.2 Å². The summed E-state index contributed by atoms with van der Waals surface area (Å²) in [5.74, 6) is 0. The minimum Gasteiger partial charge on any atom is -0.291 e. The van der Waals surface area contributed by atoms with Gasteiger partial charge < -0.3 is 0 Å². The van der Waals surface area contributed by atoms with Crippen LogP contribution in [-0.4, -0.2) is 9.38 Å². The number of aromatic nitrogens is 2. The molecule has 0 radical (unpaired) electrons. The quantitative estimate of drug-likeness (QED) is 0.670. The first kappa shape index (κ1) is 9.52. The Bertz CT molecular complexity index is 548. The lowest BCUT2D eigenvalue weighted by Crippen LogP contribution is -2.05. The van der Waals surface area contributed by atoms with Crippen molar-refractivity contribution >= 4 is 5.65 Å². The molecule has 0 aliphatic carbocycles. The molecule has 0 saturated heterocycles. The Morgan fingerprint density at radius 1 is 1.40 bits per heavy atom. The Balaban J connectivity index is 2.65. The zero-order chi connectivity index (χ0) is 11.1. The maximum absolute atomic E-state index is 12.3. The molecule has 0 aliphatic rings. The monoisotopic (exact) mass is 211 g/mol. The second kappa shape index (κ2) is 2.98. The average molecular weight is 211 g/mol. The standard InChI is InChI=1S/C9H4F3N3/c10-9(11,12)6-1-2-15-7(4-13)5-14-8(15)3-6/h1-3,5H. The summed E-state index contributed by atoms with van der Waals surface area (Å²) < 4.78 is 38.2. The Hall–Kier alpha value is -2.03. The predicted molar refractivity (Wildman–Crippen MR) is 44.9 cm³/mol. The molecule has 0 N–H and O–H groups in total. The van der Waals surface area contributed by atoms with Crippen molar-refractivity contribution in [3.8, 4) is 6.07 Å². The molecule has 76 valence electrons. The van der Waals surface area contributed by atoms with E-state index in [4.69, 9.17) is 5.26 Å². The Morgan fingerprint density at radius 2 is 2.13 bits per heavy atom. The second-order valence-electron chi connectivity index (χ2n) is 2.90. The van der Waals surface area contributed by atoms with E-state index in [1.54, 1.807) is 0 Å². The summed E-state index contributed by atoms with van der Waals surface area (Å²) in [5.41, 5.74) is -0.454. The zero-order valence-corrected chi connectivity index (χ0v) is 7.28. The van der Waals surface area contributed by atoms with E-state index in [1.165, 1.54) is 16.8 Å². The van der Waals surface area contributed by atoms with Crippen LogP contribution >= 0.6 is 0 Å². The summed E-state index contributed by atoms with van der Waals surface area (Å²) in [6.45, 7) is 0. The molecule has 2 aromatic heterocycles. The molecule has 0 bridgehead atoms. The molecule has 0 fully saturated rings. The Kier molecular flexibility index (Phi) is 1.89. The molecule has 6 heteroatoms. The summed E-state index contributed by atoms with van der Waals surface area (Å²) in [7, 11) is 0. The van der Waals surface area contributed by atoms with E-state index in [9.17, 15) is 13.2 Å². The zero-order valence-electron chi connectivity index (χ0n) is 7.28. The SMILES string of the molecule is N#Cc1cnc2cc(C(F)(F)F)ccn12. The highest BCUT2D eigenvalue weighted by molar-refractivity contribution is 5.46. The molecule has 0 amide bonds. The van der Waals surface area contributed by atoms with Crippen molar-refractivity contribution in [3.05, 3.63) is 35.8 Å². The number of nitriles is 1. The smallest absolute Gasteiger partial charge is 0.291 e. The Labute approximate surface area is 82.4 Å². The van der Waals surface area contributed by atoms with Crippen LogP contribution < -0.4 is 0 Å². The number of rotatable bonds is 0. The number of nitrogens with zero attached hydrogens (tertiary/aromatic N) is 3. The molecule has 2 aromatic rings. The third-order valence-corrected chi connectivity index (χ3v) is 1.96. The van der Waals surface area contributed by atoms with E-state index >= 15 is 0 Å². The van der Waals surface area contributed by atoms with Crippen molar-refractivity contribution < 1.29 is 13.2 Å². The van der Waals surface area contributed by atoms with Crippen LogP contribution in [0.15, 0.2) is 24.5 Å². The van der Waals surface area contributed by atoms with Crippen molar-refractivity contribution in [2.75, 3.05) is 0 Å². The lowest BCUT2D eigenvalue weighted by Gasteiger charge is -2.06. The van der Waals surface area contributed by atoms with E-state index in [0.717, 1.165) is 12.1 Å². The highest BCUT2D eigenvalue weighted by atomic mass is 19.4. The van der Waals surface area contributed by atoms with Gasteiger partial charge in [-0.3, -0.25) is 4.40 Å². The van der Waals surface area contributed by atoms with Crippen LogP contribution in [0, 0.1) is 11.3 Å². The molecule has 2 heterocycles. The third kappa shape index (κ3) is 1.52. The molecule has 2 rings (SSSR count). The van der Waals surface area contributed by atoms with Crippen molar-refractivity contribution in [1.82, 2.24) is 9.38 Å². The molecule has 0 saturated carbocycles. The number of alkyl halides is 3. The number of hydrogen-bond acceptors (Lipinski definition) is 2. The van der Waals surface area contributed by atoms with Gasteiger partial charge in [0.15, 0.2) is 0 Å². The summed E-state index contributed by atoms with van der Waals surface area (Å²) >= 11 is 0. The van der Waals surface area contributed by atoms with Crippen LogP contribution in [0.5, 0.6) is 0 Å². The van der Waals surface area contributed by atoms with Crippen LogP contribution in [-0.2, 0) is 6.18 Å². The van der Waals surface area contributed by atoms with E-state index in [-0.39, 0.29) is 11.3 Å². The summed E-state index contributed by atoms with van der Waals surface area (Å²) in [4.78, 5) is 3.70. The van der Waals surface area contributed by atoms with E-state index in [1.807, 2.05) is 6.07 Å². The van der Waals surface area contributed by atoms with Crippen LogP contribution in [0.25, 0.3) is 5.65 Å². The second-order valence-corrected chi connectivity index (χ2v) is 2.90. The molecular weight excluding hydrogens is 207 g/mol. The third-order valence-electron chi connectivity index (χ3n) is 1.96. The molecular formula is C9H4F3N3. The molecule has 0 spiro atoms. The minimum atomic E-state index is -4.39. The Morgan fingerprint density at radius 3 is 2.73 bits per heavy atom.